The smallest absolute Gasteiger partial charge is 0.268 e. The summed E-state index contributed by atoms with van der Waals surface area (Å²) in [5, 5.41) is 4.69. The molecule has 1 unspecified atom stereocenters. The van der Waals surface area contributed by atoms with Gasteiger partial charge in [-0.3, -0.25) is 9.59 Å². The maximum absolute atomic E-state index is 12.8. The van der Waals surface area contributed by atoms with E-state index in [-0.39, 0.29) is 23.0 Å². The Kier molecular flexibility index (Phi) is 2.73. The van der Waals surface area contributed by atoms with Crippen LogP contribution in [-0.4, -0.2) is 21.8 Å². The van der Waals surface area contributed by atoms with Gasteiger partial charge in [0.15, 0.2) is 0 Å². The highest BCUT2D eigenvalue weighted by atomic mass is 16.2. The number of amides is 2. The van der Waals surface area contributed by atoms with Gasteiger partial charge in [0.05, 0.1) is 25.9 Å². The number of aromatic nitrogens is 2. The molecule has 0 spiro atoms. The van der Waals surface area contributed by atoms with Crippen LogP contribution in [0.5, 0.6) is 0 Å². The van der Waals surface area contributed by atoms with Gasteiger partial charge in [0.25, 0.3) is 11.8 Å². The van der Waals surface area contributed by atoms with E-state index in [0.29, 0.717) is 5.69 Å². The minimum atomic E-state index is -1.51. The fourth-order valence-corrected chi connectivity index (χ4v) is 2.32. The summed E-state index contributed by atoms with van der Waals surface area (Å²) in [5.74, 6) is -1.67. The van der Waals surface area contributed by atoms with Crippen molar-refractivity contribution in [3.8, 4) is 0 Å². The number of nitrogens with zero attached hydrogens (tertiary/aromatic N) is 1. The number of aromatic amines is 1. The molecule has 3 N–H and O–H groups in total. The van der Waals surface area contributed by atoms with Gasteiger partial charge in [0.1, 0.15) is 11.7 Å². The van der Waals surface area contributed by atoms with E-state index in [1.165, 1.54) is 6.33 Å². The van der Waals surface area contributed by atoms with E-state index in [1.54, 1.807) is 6.08 Å². The van der Waals surface area contributed by atoms with Crippen LogP contribution in [0.3, 0.4) is 0 Å². The molecular formula is C19H20N4O2. The maximum Gasteiger partial charge on any atom is 0.268 e. The van der Waals surface area contributed by atoms with Gasteiger partial charge in [-0.2, -0.15) is 0 Å². The van der Waals surface area contributed by atoms with Crippen molar-refractivity contribution in [2.24, 2.45) is 0 Å². The standard InChI is InChI=1S/C19H20N4O2/c1-4-19(2,3)16-13(20-11-21-16)10-14-17(24)23-15(18(25)22-14)12-8-6-5-7-9-12/h4-11,15H,1H2,2-3H3,(H,20,21)(H,22,25)(H,23,24)/i5D,6D,7D,8D,9D,10D. The molecule has 1 aromatic heterocycles. The molecule has 2 aromatic rings. The Hall–Kier alpha value is -3.15. The SMILES string of the molecule is [2H]C(=C1NC(=O)C(c2c([2H])c([2H])c([2H])c([2H])c2[2H])NC1=O)c1[nH]cnc1C(C)(C)C=C. The normalized spacial score (nSPS) is 23.2. The van der Waals surface area contributed by atoms with E-state index in [4.69, 9.17) is 8.22 Å². The number of imidazole rings is 1. The lowest BCUT2D eigenvalue weighted by Crippen LogP contribution is -2.49. The van der Waals surface area contributed by atoms with Gasteiger partial charge in [0, 0.05) is 5.41 Å². The van der Waals surface area contributed by atoms with Crippen molar-refractivity contribution >= 4 is 17.9 Å². The van der Waals surface area contributed by atoms with Gasteiger partial charge >= 0.3 is 0 Å². The van der Waals surface area contributed by atoms with Crippen LogP contribution in [0.15, 0.2) is 54.9 Å². The van der Waals surface area contributed by atoms with Gasteiger partial charge in [-0.1, -0.05) is 50.1 Å². The lowest BCUT2D eigenvalue weighted by molar-refractivity contribution is -0.131. The predicted octanol–water partition coefficient (Wildman–Crippen LogP) is 2.20. The number of hydrogen-bond donors (Lipinski definition) is 3. The molecule has 2 amide bonds. The molecule has 0 radical (unpaired) electrons. The average molecular weight is 342 g/mol. The molecule has 0 saturated carbocycles. The molecule has 25 heavy (non-hydrogen) atoms. The van der Waals surface area contributed by atoms with Crippen LogP contribution in [0, 0.1) is 0 Å². The molecule has 6 heteroatoms. The van der Waals surface area contributed by atoms with Crippen molar-refractivity contribution < 1.29 is 17.8 Å². The van der Waals surface area contributed by atoms with Gasteiger partial charge in [-0.25, -0.2) is 4.98 Å². The third kappa shape index (κ3) is 3.24. The van der Waals surface area contributed by atoms with E-state index >= 15 is 0 Å². The molecule has 3 rings (SSSR count). The average Bonchev–Trinajstić information content (AvgIpc) is 3.23. The van der Waals surface area contributed by atoms with Gasteiger partial charge in [0.2, 0.25) is 0 Å². The van der Waals surface area contributed by atoms with Gasteiger partial charge < -0.3 is 15.6 Å². The van der Waals surface area contributed by atoms with Crippen LogP contribution >= 0.6 is 0 Å². The van der Waals surface area contributed by atoms with Gasteiger partial charge in [-0.15, -0.1) is 6.58 Å². The quantitative estimate of drug-likeness (QED) is 0.588. The molecule has 1 aliphatic heterocycles. The Labute approximate surface area is 154 Å². The number of benzene rings is 1. The number of allylic oxidation sites excluding steroid dienone is 1. The molecule has 1 atom stereocenters. The first kappa shape index (κ1) is 10.7. The Morgan fingerprint density at radius 1 is 1.32 bits per heavy atom. The molecule has 0 bridgehead atoms. The topological polar surface area (TPSA) is 86.9 Å². The molecule has 0 aliphatic carbocycles. The highest BCUT2D eigenvalue weighted by Crippen LogP contribution is 2.26. The van der Waals surface area contributed by atoms with Gasteiger partial charge in [-0.05, 0) is 11.6 Å². The number of rotatable bonds is 4. The second-order valence-electron chi connectivity index (χ2n) is 5.99. The Balaban J connectivity index is 2.05. The maximum atomic E-state index is 12.8. The van der Waals surface area contributed by atoms with Crippen LogP contribution in [0.2, 0.25) is 0 Å². The minimum Gasteiger partial charge on any atom is -0.345 e. The Morgan fingerprint density at radius 3 is 2.72 bits per heavy atom. The zero-order chi connectivity index (χ0) is 23.2. The summed E-state index contributed by atoms with van der Waals surface area (Å²) in [6.45, 7) is 7.40. The number of carbonyl (C=O) groups is 2. The van der Waals surface area contributed by atoms with E-state index in [0.717, 1.165) is 0 Å². The highest BCUT2D eigenvalue weighted by Gasteiger charge is 2.31. The number of hydrogen-bond acceptors (Lipinski definition) is 3. The van der Waals surface area contributed by atoms with Crippen molar-refractivity contribution in [3.05, 3.63) is 71.8 Å². The number of nitrogens with one attached hydrogen (secondary N) is 3. The van der Waals surface area contributed by atoms with Crippen molar-refractivity contribution in [1.82, 2.24) is 20.6 Å². The Bertz CT molecular complexity index is 1130. The summed E-state index contributed by atoms with van der Waals surface area (Å²) >= 11 is 0. The summed E-state index contributed by atoms with van der Waals surface area (Å²) in [7, 11) is 0. The molecule has 1 aromatic carbocycles. The second kappa shape index (κ2) is 6.39. The summed E-state index contributed by atoms with van der Waals surface area (Å²) in [5.41, 5.74) is -0.643. The highest BCUT2D eigenvalue weighted by molar-refractivity contribution is 6.07. The summed E-state index contributed by atoms with van der Waals surface area (Å²) in [4.78, 5) is 32.5. The van der Waals surface area contributed by atoms with Crippen LogP contribution in [0.1, 0.15) is 45.1 Å². The van der Waals surface area contributed by atoms with E-state index in [1.807, 2.05) is 13.8 Å². The lowest BCUT2D eigenvalue weighted by atomic mass is 9.88. The summed E-state index contributed by atoms with van der Waals surface area (Å²) in [6, 6.07) is -4.84. The van der Waals surface area contributed by atoms with Crippen molar-refractivity contribution in [2.45, 2.75) is 25.3 Å². The van der Waals surface area contributed by atoms with Crippen LogP contribution in [0.4, 0.5) is 0 Å². The molecule has 2 heterocycles. The van der Waals surface area contributed by atoms with E-state index in [2.05, 4.69) is 27.2 Å². The summed E-state index contributed by atoms with van der Waals surface area (Å²) in [6.07, 6.45) is 3.00. The lowest BCUT2D eigenvalue weighted by Gasteiger charge is -2.25. The molecular weight excluding hydrogens is 316 g/mol. The third-order valence-electron chi connectivity index (χ3n) is 3.83. The predicted molar refractivity (Wildman–Crippen MR) is 95.3 cm³/mol. The second-order valence-corrected chi connectivity index (χ2v) is 5.99. The number of H-pyrrole nitrogens is 1. The fraction of sp³-hybridized carbons (Fsp3) is 0.211. The van der Waals surface area contributed by atoms with Crippen LogP contribution < -0.4 is 10.6 Å². The van der Waals surface area contributed by atoms with Crippen molar-refractivity contribution in [2.75, 3.05) is 0 Å². The molecule has 6 nitrogen and oxygen atoms in total. The first-order chi connectivity index (χ1) is 14.4. The fourth-order valence-electron chi connectivity index (χ4n) is 2.32. The third-order valence-corrected chi connectivity index (χ3v) is 3.83. The zero-order valence-electron chi connectivity index (χ0n) is 19.7. The first-order valence-electron chi connectivity index (χ1n) is 10.5. The van der Waals surface area contributed by atoms with Crippen molar-refractivity contribution in [3.63, 3.8) is 0 Å². The van der Waals surface area contributed by atoms with E-state index in [9.17, 15) is 9.59 Å². The van der Waals surface area contributed by atoms with Crippen LogP contribution in [-0.2, 0) is 15.0 Å². The van der Waals surface area contributed by atoms with E-state index < -0.39 is 53.5 Å². The molecule has 1 fully saturated rings. The molecule has 1 aliphatic rings. The molecule has 128 valence electrons. The summed E-state index contributed by atoms with van der Waals surface area (Å²) < 4.78 is 47.7. The number of piperazine rings is 1. The Morgan fingerprint density at radius 2 is 2.04 bits per heavy atom. The molecule has 1 saturated heterocycles. The first-order valence-corrected chi connectivity index (χ1v) is 7.49. The van der Waals surface area contributed by atoms with Crippen LogP contribution in [0.25, 0.3) is 6.05 Å². The van der Waals surface area contributed by atoms with Crippen molar-refractivity contribution in [1.29, 1.82) is 0 Å². The minimum absolute atomic E-state index is 0.219. The largest absolute Gasteiger partial charge is 0.345 e. The number of carbonyl (C=O) groups excluding carboxylic acids is 2. The zero-order valence-corrected chi connectivity index (χ0v) is 13.7. The monoisotopic (exact) mass is 342 g/mol.